The minimum absolute atomic E-state index is 0.0258. The molecule has 0 saturated heterocycles. The number of benzene rings is 1. The molecular formula is C15H16ClFN2O3S. The first-order valence-electron chi connectivity index (χ1n) is 6.99. The van der Waals surface area contributed by atoms with Gasteiger partial charge in [0.2, 0.25) is 5.28 Å². The van der Waals surface area contributed by atoms with Crippen molar-refractivity contribution >= 4 is 21.7 Å². The van der Waals surface area contributed by atoms with Gasteiger partial charge in [-0.15, -0.1) is 0 Å². The predicted octanol–water partition coefficient (Wildman–Crippen LogP) is 3.79. The van der Waals surface area contributed by atoms with E-state index in [-0.39, 0.29) is 28.4 Å². The minimum atomic E-state index is -3.78. The summed E-state index contributed by atoms with van der Waals surface area (Å²) in [5.74, 6) is -0.730. The van der Waals surface area contributed by atoms with Crippen molar-refractivity contribution in [2.24, 2.45) is 0 Å². The van der Waals surface area contributed by atoms with Crippen LogP contribution in [0.4, 0.5) is 4.39 Å². The summed E-state index contributed by atoms with van der Waals surface area (Å²) in [6.07, 6.45) is 0. The standard InChI is InChI=1S/C15H16ClFN2O3S/c1-4-23(20,21)22-14-12(9(2)3)18-15(16)19-13(14)10-5-7-11(17)8-6-10/h5-9H,4H2,1-3H3. The Morgan fingerprint density at radius 1 is 1.22 bits per heavy atom. The molecule has 0 unspecified atom stereocenters. The second-order valence-corrected chi connectivity index (χ2v) is 7.34. The smallest absolute Gasteiger partial charge is 0.309 e. The number of hydrogen-bond donors (Lipinski definition) is 0. The number of nitrogens with zero attached hydrogens (tertiary/aromatic N) is 2. The lowest BCUT2D eigenvalue weighted by atomic mass is 10.0. The van der Waals surface area contributed by atoms with Crippen LogP contribution >= 0.6 is 11.6 Å². The molecule has 0 fully saturated rings. The van der Waals surface area contributed by atoms with Crippen LogP contribution in [0.2, 0.25) is 5.28 Å². The molecule has 1 aromatic carbocycles. The average molecular weight is 359 g/mol. The van der Waals surface area contributed by atoms with Crippen molar-refractivity contribution in [3.63, 3.8) is 0 Å². The van der Waals surface area contributed by atoms with Crippen molar-refractivity contribution in [3.8, 4) is 17.0 Å². The molecule has 0 atom stereocenters. The molecule has 1 aromatic heterocycles. The quantitative estimate of drug-likeness (QED) is 0.600. The largest absolute Gasteiger partial charge is 0.378 e. The van der Waals surface area contributed by atoms with Crippen LogP contribution < -0.4 is 4.18 Å². The predicted molar refractivity (Wildman–Crippen MR) is 86.6 cm³/mol. The molecule has 0 bridgehead atoms. The highest BCUT2D eigenvalue weighted by Crippen LogP contribution is 2.36. The Kier molecular flexibility index (Phi) is 5.21. The molecule has 5 nitrogen and oxygen atoms in total. The molecule has 0 aliphatic rings. The maximum atomic E-state index is 13.1. The molecule has 23 heavy (non-hydrogen) atoms. The van der Waals surface area contributed by atoms with E-state index in [0.29, 0.717) is 11.3 Å². The van der Waals surface area contributed by atoms with Crippen LogP contribution in [0.1, 0.15) is 32.4 Å². The maximum Gasteiger partial charge on any atom is 0.309 e. The van der Waals surface area contributed by atoms with Gasteiger partial charge in [-0.2, -0.15) is 8.42 Å². The summed E-state index contributed by atoms with van der Waals surface area (Å²) >= 11 is 5.95. The topological polar surface area (TPSA) is 69.2 Å². The average Bonchev–Trinajstić information content (AvgIpc) is 2.49. The lowest BCUT2D eigenvalue weighted by molar-refractivity contribution is 0.479. The normalized spacial score (nSPS) is 11.7. The van der Waals surface area contributed by atoms with E-state index >= 15 is 0 Å². The van der Waals surface area contributed by atoms with Crippen LogP contribution in [0, 0.1) is 5.82 Å². The highest BCUT2D eigenvalue weighted by Gasteiger charge is 2.23. The Morgan fingerprint density at radius 2 is 1.83 bits per heavy atom. The van der Waals surface area contributed by atoms with Gasteiger partial charge >= 0.3 is 10.1 Å². The van der Waals surface area contributed by atoms with E-state index in [1.165, 1.54) is 31.2 Å². The van der Waals surface area contributed by atoms with Gasteiger partial charge < -0.3 is 4.18 Å². The summed E-state index contributed by atoms with van der Waals surface area (Å²) in [6, 6.07) is 5.45. The van der Waals surface area contributed by atoms with E-state index in [0.717, 1.165) is 0 Å². The third-order valence-corrected chi connectivity index (χ3v) is 4.39. The fraction of sp³-hybridized carbons (Fsp3) is 0.333. The molecule has 0 spiro atoms. The summed E-state index contributed by atoms with van der Waals surface area (Å²) in [4.78, 5) is 8.16. The zero-order chi connectivity index (χ0) is 17.2. The summed E-state index contributed by atoms with van der Waals surface area (Å²) in [7, 11) is -3.78. The second-order valence-electron chi connectivity index (χ2n) is 5.15. The van der Waals surface area contributed by atoms with Crippen molar-refractivity contribution in [2.75, 3.05) is 5.75 Å². The highest BCUT2D eigenvalue weighted by molar-refractivity contribution is 7.87. The first-order chi connectivity index (χ1) is 10.7. The molecule has 8 heteroatoms. The van der Waals surface area contributed by atoms with Crippen molar-refractivity contribution in [2.45, 2.75) is 26.7 Å². The molecule has 0 amide bonds. The van der Waals surface area contributed by atoms with Gasteiger partial charge in [-0.1, -0.05) is 13.8 Å². The van der Waals surface area contributed by atoms with Gasteiger partial charge in [-0.25, -0.2) is 14.4 Å². The number of aromatic nitrogens is 2. The third-order valence-electron chi connectivity index (χ3n) is 3.09. The van der Waals surface area contributed by atoms with Gasteiger partial charge in [0, 0.05) is 5.56 Å². The van der Waals surface area contributed by atoms with E-state index in [1.807, 2.05) is 13.8 Å². The Labute approximate surface area is 139 Å². The first kappa shape index (κ1) is 17.6. The summed E-state index contributed by atoms with van der Waals surface area (Å²) in [6.45, 7) is 5.13. The minimum Gasteiger partial charge on any atom is -0.378 e. The first-order valence-corrected chi connectivity index (χ1v) is 8.94. The fourth-order valence-electron chi connectivity index (χ4n) is 1.90. The van der Waals surface area contributed by atoms with Gasteiger partial charge in [0.25, 0.3) is 0 Å². The zero-order valence-electron chi connectivity index (χ0n) is 12.9. The Hall–Kier alpha value is -1.73. The van der Waals surface area contributed by atoms with Crippen LogP contribution in [-0.2, 0) is 10.1 Å². The van der Waals surface area contributed by atoms with E-state index < -0.39 is 15.9 Å². The van der Waals surface area contributed by atoms with E-state index in [1.54, 1.807) is 0 Å². The van der Waals surface area contributed by atoms with Crippen LogP contribution in [0.15, 0.2) is 24.3 Å². The van der Waals surface area contributed by atoms with Crippen LogP contribution in [0.3, 0.4) is 0 Å². The highest BCUT2D eigenvalue weighted by atomic mass is 35.5. The molecule has 0 aliphatic heterocycles. The van der Waals surface area contributed by atoms with E-state index in [4.69, 9.17) is 15.8 Å². The van der Waals surface area contributed by atoms with E-state index in [2.05, 4.69) is 9.97 Å². The molecule has 1 heterocycles. The Morgan fingerprint density at radius 3 is 2.35 bits per heavy atom. The van der Waals surface area contributed by atoms with Crippen LogP contribution in [0.5, 0.6) is 5.75 Å². The Balaban J connectivity index is 2.71. The van der Waals surface area contributed by atoms with Crippen molar-refractivity contribution < 1.29 is 17.0 Å². The van der Waals surface area contributed by atoms with Crippen LogP contribution in [0.25, 0.3) is 11.3 Å². The molecule has 0 N–H and O–H groups in total. The summed E-state index contributed by atoms with van der Waals surface area (Å²) in [5.41, 5.74) is 1.07. The Bertz CT molecular complexity index is 808. The molecule has 124 valence electrons. The van der Waals surface area contributed by atoms with E-state index in [9.17, 15) is 12.8 Å². The number of halogens is 2. The van der Waals surface area contributed by atoms with Crippen molar-refractivity contribution in [1.29, 1.82) is 0 Å². The number of rotatable bonds is 5. The molecule has 2 aromatic rings. The molecule has 0 aliphatic carbocycles. The van der Waals surface area contributed by atoms with Gasteiger partial charge in [-0.05, 0) is 48.7 Å². The van der Waals surface area contributed by atoms with Gasteiger partial charge in [0.1, 0.15) is 11.5 Å². The van der Waals surface area contributed by atoms with Gasteiger partial charge in [0.05, 0.1) is 11.4 Å². The maximum absolute atomic E-state index is 13.1. The van der Waals surface area contributed by atoms with Crippen molar-refractivity contribution in [1.82, 2.24) is 9.97 Å². The van der Waals surface area contributed by atoms with Crippen LogP contribution in [-0.4, -0.2) is 24.1 Å². The summed E-state index contributed by atoms with van der Waals surface area (Å²) < 4.78 is 42.1. The zero-order valence-corrected chi connectivity index (χ0v) is 14.4. The SMILES string of the molecule is CCS(=O)(=O)Oc1c(-c2ccc(F)cc2)nc(Cl)nc1C(C)C. The molecular weight excluding hydrogens is 343 g/mol. The second kappa shape index (κ2) is 6.80. The molecule has 0 saturated carbocycles. The van der Waals surface area contributed by atoms with Crippen molar-refractivity contribution in [3.05, 3.63) is 41.1 Å². The third kappa shape index (κ3) is 4.17. The summed E-state index contributed by atoms with van der Waals surface area (Å²) in [5, 5.41) is -0.0331. The van der Waals surface area contributed by atoms with Gasteiger partial charge in [-0.3, -0.25) is 0 Å². The number of hydrogen-bond acceptors (Lipinski definition) is 5. The van der Waals surface area contributed by atoms with Gasteiger partial charge in [0.15, 0.2) is 5.75 Å². The fourth-order valence-corrected chi connectivity index (χ4v) is 2.61. The molecule has 2 rings (SSSR count). The molecule has 0 radical (unpaired) electrons. The monoisotopic (exact) mass is 358 g/mol. The lowest BCUT2D eigenvalue weighted by Crippen LogP contribution is -2.15. The lowest BCUT2D eigenvalue weighted by Gasteiger charge is -2.16.